The van der Waals surface area contributed by atoms with Crippen molar-refractivity contribution in [3.05, 3.63) is 65.9 Å². The maximum atomic E-state index is 12.2. The molecule has 0 aliphatic heterocycles. The second-order valence-corrected chi connectivity index (χ2v) is 8.87. The van der Waals surface area contributed by atoms with Crippen LogP contribution in [0.15, 0.2) is 54.7 Å². The number of H-pyrrole nitrogens is 1. The Morgan fingerprint density at radius 2 is 1.93 bits per heavy atom. The molecule has 0 saturated carbocycles. The number of aromatic amines is 1. The number of sulfone groups is 1. The van der Waals surface area contributed by atoms with E-state index >= 15 is 0 Å². The average Bonchev–Trinajstić information content (AvgIpc) is 3.07. The zero-order valence-electron chi connectivity index (χ0n) is 15.8. The summed E-state index contributed by atoms with van der Waals surface area (Å²) < 4.78 is 29.6. The number of hydrogen-bond acceptors (Lipinski definition) is 4. The molecule has 1 amide bonds. The fourth-order valence-electron chi connectivity index (χ4n) is 3.09. The first-order valence-electron chi connectivity index (χ1n) is 9.12. The van der Waals surface area contributed by atoms with E-state index in [0.29, 0.717) is 13.0 Å². The lowest BCUT2D eigenvalue weighted by molar-refractivity contribution is -0.120. The van der Waals surface area contributed by atoms with Gasteiger partial charge in [0.1, 0.15) is 5.75 Å². The topological polar surface area (TPSA) is 88.3 Å². The Balaban J connectivity index is 1.47. The summed E-state index contributed by atoms with van der Waals surface area (Å²) in [4.78, 5) is 15.4. The van der Waals surface area contributed by atoms with Crippen LogP contribution in [0.25, 0.3) is 10.9 Å². The van der Waals surface area contributed by atoms with Crippen LogP contribution < -0.4 is 10.1 Å². The molecule has 0 fully saturated rings. The van der Waals surface area contributed by atoms with Crippen molar-refractivity contribution in [2.24, 2.45) is 0 Å². The fraction of sp³-hybridized carbons (Fsp3) is 0.286. The smallest absolute Gasteiger partial charge is 0.224 e. The molecule has 0 bridgehead atoms. The fourth-order valence-corrected chi connectivity index (χ4v) is 4.52. The number of carbonyl (C=O) groups excluding carboxylic acids is 1. The van der Waals surface area contributed by atoms with Crippen LogP contribution in [0, 0.1) is 0 Å². The molecule has 148 valence electrons. The Kier molecular flexibility index (Phi) is 6.36. The van der Waals surface area contributed by atoms with Crippen LogP contribution in [0.5, 0.6) is 5.75 Å². The van der Waals surface area contributed by atoms with Crippen molar-refractivity contribution >= 4 is 26.6 Å². The molecular weight excluding hydrogens is 376 g/mol. The van der Waals surface area contributed by atoms with E-state index in [1.165, 1.54) is 0 Å². The van der Waals surface area contributed by atoms with Crippen LogP contribution in [-0.4, -0.2) is 38.7 Å². The molecule has 2 N–H and O–H groups in total. The van der Waals surface area contributed by atoms with E-state index in [-0.39, 0.29) is 23.8 Å². The van der Waals surface area contributed by atoms with Crippen LogP contribution in [0.4, 0.5) is 0 Å². The largest absolute Gasteiger partial charge is 0.497 e. The minimum atomic E-state index is -3.19. The number of amides is 1. The number of fused-ring (bicyclic) bond motifs is 1. The van der Waals surface area contributed by atoms with Gasteiger partial charge in [0.2, 0.25) is 5.91 Å². The van der Waals surface area contributed by atoms with E-state index in [4.69, 9.17) is 4.74 Å². The van der Waals surface area contributed by atoms with Crippen molar-refractivity contribution < 1.29 is 17.9 Å². The molecule has 1 heterocycles. The highest BCUT2D eigenvalue weighted by atomic mass is 32.2. The molecule has 0 aliphatic rings. The van der Waals surface area contributed by atoms with Gasteiger partial charge < -0.3 is 15.0 Å². The molecule has 3 aromatic rings. The van der Waals surface area contributed by atoms with Gasteiger partial charge >= 0.3 is 0 Å². The van der Waals surface area contributed by atoms with Gasteiger partial charge in [-0.1, -0.05) is 30.3 Å². The van der Waals surface area contributed by atoms with Crippen LogP contribution in [0.2, 0.25) is 0 Å². The molecule has 0 aliphatic carbocycles. The first-order valence-corrected chi connectivity index (χ1v) is 10.9. The molecule has 2 aromatic carbocycles. The number of ether oxygens (including phenoxy) is 1. The molecule has 3 rings (SSSR count). The highest BCUT2D eigenvalue weighted by Gasteiger charge is 2.13. The summed E-state index contributed by atoms with van der Waals surface area (Å²) in [6, 6.07) is 14.8. The van der Waals surface area contributed by atoms with Crippen molar-refractivity contribution in [2.75, 3.05) is 19.4 Å². The number of hydrogen-bond donors (Lipinski definition) is 2. The van der Waals surface area contributed by atoms with E-state index in [2.05, 4.69) is 10.3 Å². The third-order valence-corrected chi connectivity index (χ3v) is 6.19. The average molecular weight is 401 g/mol. The monoisotopic (exact) mass is 400 g/mol. The molecule has 0 saturated heterocycles. The van der Waals surface area contributed by atoms with E-state index in [1.807, 2.05) is 42.6 Å². The van der Waals surface area contributed by atoms with E-state index in [1.54, 1.807) is 19.2 Å². The van der Waals surface area contributed by atoms with Crippen LogP contribution in [-0.2, 0) is 26.8 Å². The first-order chi connectivity index (χ1) is 13.5. The predicted molar refractivity (Wildman–Crippen MR) is 110 cm³/mol. The highest BCUT2D eigenvalue weighted by Crippen LogP contribution is 2.23. The lowest BCUT2D eigenvalue weighted by Crippen LogP contribution is -2.27. The number of rotatable bonds is 9. The SMILES string of the molecule is COc1ccc2[nH]cc(CC(=O)NCCCS(=O)(=O)Cc3ccccc3)c2c1. The zero-order chi connectivity index (χ0) is 20.0. The number of benzene rings is 2. The maximum Gasteiger partial charge on any atom is 0.224 e. The Labute approximate surface area is 164 Å². The second-order valence-electron chi connectivity index (χ2n) is 6.68. The molecule has 6 nitrogen and oxygen atoms in total. The van der Waals surface area contributed by atoms with Gasteiger partial charge in [-0.25, -0.2) is 8.42 Å². The van der Waals surface area contributed by atoms with Crippen molar-refractivity contribution in [1.82, 2.24) is 10.3 Å². The second kappa shape index (κ2) is 8.93. The normalized spacial score (nSPS) is 11.5. The van der Waals surface area contributed by atoms with Crippen molar-refractivity contribution in [3.63, 3.8) is 0 Å². The summed E-state index contributed by atoms with van der Waals surface area (Å²) in [5.74, 6) is 0.673. The summed E-state index contributed by atoms with van der Waals surface area (Å²) in [5, 5.41) is 3.75. The molecule has 0 radical (unpaired) electrons. The van der Waals surface area contributed by atoms with Gasteiger partial charge in [-0.15, -0.1) is 0 Å². The lowest BCUT2D eigenvalue weighted by atomic mass is 10.1. The summed E-state index contributed by atoms with van der Waals surface area (Å²) in [6.45, 7) is 0.332. The number of nitrogens with one attached hydrogen (secondary N) is 2. The van der Waals surface area contributed by atoms with Crippen molar-refractivity contribution in [2.45, 2.75) is 18.6 Å². The number of aromatic nitrogens is 1. The zero-order valence-corrected chi connectivity index (χ0v) is 16.6. The van der Waals surface area contributed by atoms with Gasteiger partial charge in [0, 0.05) is 23.6 Å². The quantitative estimate of drug-likeness (QED) is 0.541. The van der Waals surface area contributed by atoms with Gasteiger partial charge in [0.25, 0.3) is 0 Å². The molecule has 1 aromatic heterocycles. The summed E-state index contributed by atoms with van der Waals surface area (Å²) in [5.41, 5.74) is 2.60. The van der Waals surface area contributed by atoms with Crippen LogP contribution in [0.3, 0.4) is 0 Å². The molecule has 0 spiro atoms. The molecule has 0 unspecified atom stereocenters. The summed E-state index contributed by atoms with van der Waals surface area (Å²) >= 11 is 0. The molecular formula is C21H24N2O4S. The van der Waals surface area contributed by atoms with Crippen LogP contribution in [0.1, 0.15) is 17.5 Å². The molecule has 28 heavy (non-hydrogen) atoms. The molecule has 7 heteroatoms. The third kappa shape index (κ3) is 5.36. The number of carbonyl (C=O) groups is 1. The highest BCUT2D eigenvalue weighted by molar-refractivity contribution is 7.90. The Morgan fingerprint density at radius 1 is 1.14 bits per heavy atom. The van der Waals surface area contributed by atoms with Crippen molar-refractivity contribution in [1.29, 1.82) is 0 Å². The third-order valence-electron chi connectivity index (χ3n) is 4.51. The Morgan fingerprint density at radius 3 is 2.68 bits per heavy atom. The maximum absolute atomic E-state index is 12.2. The van der Waals surface area contributed by atoms with E-state index in [9.17, 15) is 13.2 Å². The van der Waals surface area contributed by atoms with Gasteiger partial charge in [-0.3, -0.25) is 4.79 Å². The van der Waals surface area contributed by atoms with E-state index < -0.39 is 9.84 Å². The van der Waals surface area contributed by atoms with Gasteiger partial charge in [0.05, 0.1) is 25.0 Å². The van der Waals surface area contributed by atoms with Gasteiger partial charge in [-0.2, -0.15) is 0 Å². The summed E-state index contributed by atoms with van der Waals surface area (Å²) in [7, 11) is -1.59. The number of methoxy groups -OCH3 is 1. The Bertz CT molecular complexity index is 1040. The molecule has 0 atom stereocenters. The van der Waals surface area contributed by atoms with Crippen molar-refractivity contribution in [3.8, 4) is 5.75 Å². The standard InChI is InChI=1S/C21H24N2O4S/c1-27-18-8-9-20-19(13-18)17(14-23-20)12-21(24)22-10-5-11-28(25,26)15-16-6-3-2-4-7-16/h2-4,6-9,13-14,23H,5,10-12,15H2,1H3,(H,22,24). The van der Waals surface area contributed by atoms with E-state index in [0.717, 1.165) is 27.8 Å². The summed E-state index contributed by atoms with van der Waals surface area (Å²) in [6.07, 6.45) is 2.43. The predicted octanol–water partition coefficient (Wildman–Crippen LogP) is 2.84. The van der Waals surface area contributed by atoms with Gasteiger partial charge in [0.15, 0.2) is 9.84 Å². The Hall–Kier alpha value is -2.80. The lowest BCUT2D eigenvalue weighted by Gasteiger charge is -2.07. The first kappa shape index (κ1) is 19.9. The minimum Gasteiger partial charge on any atom is -0.497 e. The minimum absolute atomic E-state index is 0.0267. The van der Waals surface area contributed by atoms with Crippen LogP contribution >= 0.6 is 0 Å². The van der Waals surface area contributed by atoms with Gasteiger partial charge in [-0.05, 0) is 35.7 Å².